The summed E-state index contributed by atoms with van der Waals surface area (Å²) in [5, 5.41) is 24.9. The summed E-state index contributed by atoms with van der Waals surface area (Å²) in [4.78, 5) is 47.8. The molecule has 9 heterocycles. The highest BCUT2D eigenvalue weighted by Crippen LogP contribution is 2.36. The standard InChI is InChI=1S/C49H53FN14O4/c1-67-46-13-2-31(20-53-46)24-59-26-38-29-68-30-39(27-59)64(38)44-11-3-32(21-52-44)47-48-33(19-51)22-55-63(48)28-42(57-47)34-23-54-62(25-34)37-7-5-36(6-8-37)60-14-16-61(17-15-60)43-10-4-35(18-40(43)50)56-41-9-12-45(65)58-49(41)66/h2-4,10-11,13,18,20-23,25,28,36-39,41,56H,5-9,12,14-17,24,26-27,29-30H2,1H3,(H,58,65,66)/t36?,37?,38-,39-,41?/m0/s1. The van der Waals surface area contributed by atoms with Gasteiger partial charge in [-0.1, -0.05) is 6.07 Å². The molecule has 0 spiro atoms. The average Bonchev–Trinajstić information content (AvgIpc) is 4.03. The number of nitriles is 1. The molecule has 19 heteroatoms. The van der Waals surface area contributed by atoms with Gasteiger partial charge in [0.05, 0.1) is 74.1 Å². The van der Waals surface area contributed by atoms with Crippen LogP contribution in [0.15, 0.2) is 79.6 Å². The second-order valence-electron chi connectivity index (χ2n) is 18.5. The van der Waals surface area contributed by atoms with Crippen molar-refractivity contribution in [2.45, 2.75) is 75.3 Å². The number of anilines is 3. The Balaban J connectivity index is 0.723. The number of ether oxygens (including phenoxy) is 2. The number of morpholine rings is 1. The van der Waals surface area contributed by atoms with Gasteiger partial charge in [-0.2, -0.15) is 15.5 Å². The monoisotopic (exact) mass is 920 g/mol. The van der Waals surface area contributed by atoms with Crippen LogP contribution in [0.5, 0.6) is 5.88 Å². The minimum absolute atomic E-state index is 0.144. The minimum Gasteiger partial charge on any atom is -0.481 e. The molecule has 350 valence electrons. The van der Waals surface area contributed by atoms with Crippen LogP contribution in [-0.2, 0) is 20.9 Å². The van der Waals surface area contributed by atoms with Crippen molar-refractivity contribution >= 4 is 34.5 Å². The minimum atomic E-state index is -0.561. The first kappa shape index (κ1) is 43.6. The molecule has 3 atom stereocenters. The molecule has 4 saturated heterocycles. The molecule has 2 amide bonds. The molecule has 11 rings (SSSR count). The maximum absolute atomic E-state index is 15.4. The lowest BCUT2D eigenvalue weighted by molar-refractivity contribution is -0.133. The molecule has 5 aromatic heterocycles. The number of methoxy groups -OCH3 is 1. The number of imide groups is 1. The van der Waals surface area contributed by atoms with Crippen molar-refractivity contribution in [1.29, 1.82) is 5.26 Å². The lowest BCUT2D eigenvalue weighted by Crippen LogP contribution is -2.64. The molecule has 1 unspecified atom stereocenters. The number of pyridine rings is 2. The van der Waals surface area contributed by atoms with E-state index in [4.69, 9.17) is 24.5 Å². The number of piperidine rings is 1. The van der Waals surface area contributed by atoms with E-state index in [-0.39, 0.29) is 42.2 Å². The third-order valence-electron chi connectivity index (χ3n) is 14.3. The highest BCUT2D eigenvalue weighted by Gasteiger charge is 2.39. The summed E-state index contributed by atoms with van der Waals surface area (Å²) in [6.45, 7) is 6.86. The number of rotatable bonds is 11. The Hall–Kier alpha value is -7.01. The summed E-state index contributed by atoms with van der Waals surface area (Å²) >= 11 is 0. The van der Waals surface area contributed by atoms with Crippen LogP contribution >= 0.6 is 0 Å². The van der Waals surface area contributed by atoms with Crippen molar-refractivity contribution in [3.8, 4) is 34.5 Å². The van der Waals surface area contributed by atoms with Gasteiger partial charge in [-0.15, -0.1) is 0 Å². The Bertz CT molecular complexity index is 2830. The van der Waals surface area contributed by atoms with Crippen LogP contribution in [-0.4, -0.2) is 140 Å². The predicted molar refractivity (Wildman–Crippen MR) is 250 cm³/mol. The number of carbonyl (C=O) groups is 2. The van der Waals surface area contributed by atoms with Crippen LogP contribution < -0.4 is 25.2 Å². The second kappa shape index (κ2) is 18.6. The molecule has 0 radical (unpaired) electrons. The van der Waals surface area contributed by atoms with Gasteiger partial charge >= 0.3 is 0 Å². The molecule has 5 fully saturated rings. The van der Waals surface area contributed by atoms with Gasteiger partial charge in [0.2, 0.25) is 17.7 Å². The van der Waals surface area contributed by atoms with Gasteiger partial charge in [-0.25, -0.2) is 23.9 Å². The lowest BCUT2D eigenvalue weighted by atomic mass is 9.90. The summed E-state index contributed by atoms with van der Waals surface area (Å²) < 4.78 is 30.5. The first-order chi connectivity index (χ1) is 33.3. The summed E-state index contributed by atoms with van der Waals surface area (Å²) in [7, 11) is 1.62. The van der Waals surface area contributed by atoms with E-state index in [2.05, 4.69) is 69.4 Å². The molecular formula is C49H53FN14O4. The van der Waals surface area contributed by atoms with Crippen LogP contribution in [0, 0.1) is 17.1 Å². The zero-order chi connectivity index (χ0) is 46.3. The van der Waals surface area contributed by atoms with Crippen LogP contribution in [0.1, 0.15) is 55.7 Å². The average molecular weight is 921 g/mol. The van der Waals surface area contributed by atoms with E-state index in [1.54, 1.807) is 30.0 Å². The maximum atomic E-state index is 15.4. The van der Waals surface area contributed by atoms with Crippen LogP contribution in [0.3, 0.4) is 0 Å². The molecule has 6 aromatic rings. The number of nitrogens with zero attached hydrogens (tertiary/aromatic N) is 12. The van der Waals surface area contributed by atoms with E-state index >= 15 is 4.39 Å². The number of benzene rings is 1. The maximum Gasteiger partial charge on any atom is 0.249 e. The van der Waals surface area contributed by atoms with Crippen molar-refractivity contribution in [2.75, 3.05) is 74.7 Å². The van der Waals surface area contributed by atoms with Crippen molar-refractivity contribution < 1.29 is 23.5 Å². The number of hydrogen-bond acceptors (Lipinski definition) is 15. The first-order valence-corrected chi connectivity index (χ1v) is 23.5. The number of hydrogen-bond donors (Lipinski definition) is 2. The highest BCUT2D eigenvalue weighted by molar-refractivity contribution is 6.01. The molecule has 2 N–H and O–H groups in total. The molecular weight excluding hydrogens is 868 g/mol. The summed E-state index contributed by atoms with van der Waals surface area (Å²) in [5.74, 6) is 0.502. The molecule has 68 heavy (non-hydrogen) atoms. The SMILES string of the molecule is COc1ccc(CN2C[C@H]3COC[C@H](C2)N3c2ccc(-c3nc(-c4cnn(C5CCC(N6CCN(c7ccc(NC8CCC(=O)NC8=O)cc7F)CC6)CC5)c4)cn4ncc(C#N)c34)cn2)cn1. The predicted octanol–water partition coefficient (Wildman–Crippen LogP) is 4.68. The third-order valence-corrected chi connectivity index (χ3v) is 14.3. The van der Waals surface area contributed by atoms with Crippen molar-refractivity contribution in [3.63, 3.8) is 0 Å². The van der Waals surface area contributed by atoms with E-state index in [0.717, 1.165) is 94.0 Å². The van der Waals surface area contributed by atoms with E-state index < -0.39 is 6.04 Å². The van der Waals surface area contributed by atoms with Crippen molar-refractivity contribution in [3.05, 3.63) is 96.6 Å². The number of piperazine rings is 2. The molecule has 1 aliphatic carbocycles. The Kier molecular flexibility index (Phi) is 11.9. The van der Waals surface area contributed by atoms with Gasteiger partial charge < -0.3 is 24.6 Å². The molecule has 1 aromatic carbocycles. The van der Waals surface area contributed by atoms with Gasteiger partial charge in [-0.3, -0.25) is 29.4 Å². The number of fused-ring (bicyclic) bond motifs is 3. The van der Waals surface area contributed by atoms with Crippen LogP contribution in [0.4, 0.5) is 21.6 Å². The normalized spacial score (nSPS) is 23.6. The van der Waals surface area contributed by atoms with E-state index in [9.17, 15) is 14.9 Å². The van der Waals surface area contributed by atoms with Gasteiger partial charge in [0.25, 0.3) is 0 Å². The second-order valence-corrected chi connectivity index (χ2v) is 18.5. The largest absolute Gasteiger partial charge is 0.481 e. The van der Waals surface area contributed by atoms with Crippen molar-refractivity contribution in [1.82, 2.24) is 49.5 Å². The third kappa shape index (κ3) is 8.70. The zero-order valence-electron chi connectivity index (χ0n) is 37.9. The smallest absolute Gasteiger partial charge is 0.249 e. The number of amides is 2. The summed E-state index contributed by atoms with van der Waals surface area (Å²) in [5.41, 5.74) is 6.28. The zero-order valence-corrected chi connectivity index (χ0v) is 37.9. The fourth-order valence-electron chi connectivity index (χ4n) is 10.8. The van der Waals surface area contributed by atoms with Gasteiger partial charge in [0.1, 0.15) is 34.8 Å². The van der Waals surface area contributed by atoms with E-state index in [1.807, 2.05) is 36.9 Å². The Morgan fingerprint density at radius 1 is 0.868 bits per heavy atom. The molecule has 2 bridgehead atoms. The Morgan fingerprint density at radius 2 is 1.68 bits per heavy atom. The summed E-state index contributed by atoms with van der Waals surface area (Å²) in [6, 6.07) is 15.8. The molecule has 4 aliphatic heterocycles. The summed E-state index contributed by atoms with van der Waals surface area (Å²) in [6.07, 6.45) is 15.8. The van der Waals surface area contributed by atoms with E-state index in [1.165, 1.54) is 6.07 Å². The number of carbonyl (C=O) groups excluding carboxylic acids is 2. The number of halogens is 1. The van der Waals surface area contributed by atoms with E-state index in [0.29, 0.717) is 65.4 Å². The number of nitrogens with one attached hydrogen (secondary N) is 2. The Morgan fingerprint density at radius 3 is 2.38 bits per heavy atom. The first-order valence-electron chi connectivity index (χ1n) is 23.5. The van der Waals surface area contributed by atoms with Crippen molar-refractivity contribution in [2.24, 2.45) is 0 Å². The highest BCUT2D eigenvalue weighted by atomic mass is 19.1. The van der Waals surface area contributed by atoms with Gasteiger partial charge in [-0.05, 0) is 68.0 Å². The lowest BCUT2D eigenvalue weighted by Gasteiger charge is -2.50. The number of aromatic nitrogens is 7. The van der Waals surface area contributed by atoms with Gasteiger partial charge in [0, 0.05) is 99.7 Å². The molecule has 5 aliphatic rings. The topological polar surface area (TPSA) is 187 Å². The van der Waals surface area contributed by atoms with Gasteiger partial charge in [0.15, 0.2) is 0 Å². The molecule has 18 nitrogen and oxygen atoms in total. The Labute approximate surface area is 392 Å². The molecule has 1 saturated carbocycles. The fourth-order valence-corrected chi connectivity index (χ4v) is 10.8. The quantitative estimate of drug-likeness (QED) is 0.171. The van der Waals surface area contributed by atoms with Crippen LogP contribution in [0.25, 0.3) is 28.0 Å². The fraction of sp³-hybridized carbons (Fsp3) is 0.429. The van der Waals surface area contributed by atoms with Crippen LogP contribution in [0.2, 0.25) is 0 Å².